The minimum absolute atomic E-state index is 0.0585. The van der Waals surface area contributed by atoms with Gasteiger partial charge in [0.1, 0.15) is 5.78 Å². The molecule has 1 aliphatic heterocycles. The summed E-state index contributed by atoms with van der Waals surface area (Å²) in [4.78, 5) is 27.2. The van der Waals surface area contributed by atoms with Crippen molar-refractivity contribution in [2.24, 2.45) is 23.2 Å². The van der Waals surface area contributed by atoms with Gasteiger partial charge in [-0.05, 0) is 31.1 Å². The Labute approximate surface area is 123 Å². The first-order valence-corrected chi connectivity index (χ1v) is 11.8. The molecule has 0 aromatic heterocycles. The molecule has 0 N–H and O–H groups in total. The standard InChI is InChI=1S/C16H27NO2Si/c1-17-9-7-12-11(10-20(2,3)4)14-13(18)6-5-8-16(12,14)15(17)19/h11-12,14H,5-10H2,1-4H3/t11-,12+,14-,16+/m0/s1. The number of likely N-dealkylation sites (tertiary alicyclic amines) is 1. The van der Waals surface area contributed by atoms with E-state index in [0.29, 0.717) is 24.0 Å². The highest BCUT2D eigenvalue weighted by Crippen LogP contribution is 2.66. The van der Waals surface area contributed by atoms with Crippen LogP contribution in [0.25, 0.3) is 0 Å². The Balaban J connectivity index is 1.94. The zero-order chi connectivity index (χ0) is 14.7. The fourth-order valence-electron chi connectivity index (χ4n) is 5.31. The summed E-state index contributed by atoms with van der Waals surface area (Å²) >= 11 is 0. The molecule has 0 aromatic carbocycles. The van der Waals surface area contributed by atoms with Crippen LogP contribution in [0.2, 0.25) is 25.7 Å². The molecule has 3 fully saturated rings. The Kier molecular flexibility index (Phi) is 3.16. The van der Waals surface area contributed by atoms with Crippen LogP contribution in [-0.4, -0.2) is 38.3 Å². The van der Waals surface area contributed by atoms with Crippen molar-refractivity contribution in [1.82, 2.24) is 4.90 Å². The Morgan fingerprint density at radius 3 is 2.65 bits per heavy atom. The van der Waals surface area contributed by atoms with Gasteiger partial charge in [-0.2, -0.15) is 0 Å². The maximum atomic E-state index is 12.8. The number of ketones is 1. The quantitative estimate of drug-likeness (QED) is 0.734. The monoisotopic (exact) mass is 293 g/mol. The average molecular weight is 293 g/mol. The van der Waals surface area contributed by atoms with E-state index in [1.165, 1.54) is 6.04 Å². The van der Waals surface area contributed by atoms with Crippen molar-refractivity contribution in [2.75, 3.05) is 13.6 Å². The van der Waals surface area contributed by atoms with Crippen molar-refractivity contribution < 1.29 is 9.59 Å². The second-order valence-electron chi connectivity index (χ2n) is 8.39. The molecule has 4 atom stereocenters. The maximum absolute atomic E-state index is 12.8. The van der Waals surface area contributed by atoms with Gasteiger partial charge in [0.25, 0.3) is 0 Å². The van der Waals surface area contributed by atoms with Gasteiger partial charge in [-0.25, -0.2) is 0 Å². The fraction of sp³-hybridized carbons (Fsp3) is 0.875. The molecule has 3 nitrogen and oxygen atoms in total. The van der Waals surface area contributed by atoms with Crippen molar-refractivity contribution in [3.63, 3.8) is 0 Å². The Morgan fingerprint density at radius 1 is 1.30 bits per heavy atom. The lowest BCUT2D eigenvalue weighted by molar-refractivity contribution is -0.199. The number of hydrogen-bond acceptors (Lipinski definition) is 2. The van der Waals surface area contributed by atoms with Crippen molar-refractivity contribution in [1.29, 1.82) is 0 Å². The number of nitrogens with zero attached hydrogens (tertiary/aromatic N) is 1. The minimum Gasteiger partial charge on any atom is -0.345 e. The molecule has 0 radical (unpaired) electrons. The Morgan fingerprint density at radius 2 is 2.00 bits per heavy atom. The Hall–Kier alpha value is -0.643. The molecule has 1 amide bonds. The summed E-state index contributed by atoms with van der Waals surface area (Å²) in [7, 11) is 0.720. The van der Waals surface area contributed by atoms with Gasteiger partial charge in [-0.1, -0.05) is 25.7 Å². The molecule has 1 heterocycles. The minimum atomic E-state index is -1.19. The predicted octanol–water partition coefficient (Wildman–Crippen LogP) is 2.79. The lowest BCUT2D eigenvalue weighted by atomic mass is 9.40. The lowest BCUT2D eigenvalue weighted by Crippen LogP contribution is -2.71. The van der Waals surface area contributed by atoms with Gasteiger partial charge in [-0.3, -0.25) is 9.59 Å². The second kappa shape index (κ2) is 4.42. The highest BCUT2D eigenvalue weighted by molar-refractivity contribution is 6.76. The number of rotatable bonds is 2. The number of amides is 1. The van der Waals surface area contributed by atoms with Gasteiger partial charge < -0.3 is 4.90 Å². The molecular formula is C16H27NO2Si. The summed E-state index contributed by atoms with van der Waals surface area (Å²) in [5.74, 6) is 1.72. The third-order valence-corrected chi connectivity index (χ3v) is 7.59. The van der Waals surface area contributed by atoms with Crippen LogP contribution in [0.3, 0.4) is 0 Å². The van der Waals surface area contributed by atoms with Crippen LogP contribution >= 0.6 is 0 Å². The van der Waals surface area contributed by atoms with Gasteiger partial charge in [0, 0.05) is 34.0 Å². The third-order valence-electron chi connectivity index (χ3n) is 5.89. The van der Waals surface area contributed by atoms with E-state index in [0.717, 1.165) is 25.8 Å². The fourth-order valence-corrected chi connectivity index (χ4v) is 7.25. The SMILES string of the molecule is CN1CC[C@@H]2[C@H](C[Si](C)(C)C)[C@H]3C(=O)CCC[C@@]23C1=O. The zero-order valence-corrected chi connectivity index (χ0v) is 14.2. The summed E-state index contributed by atoms with van der Waals surface area (Å²) in [5.41, 5.74) is -0.285. The number of Topliss-reactive ketones (excluding diaryl/α,β-unsaturated/α-hetero) is 1. The number of piperidine rings is 1. The molecule has 1 spiro atoms. The van der Waals surface area contributed by atoms with Gasteiger partial charge in [0.05, 0.1) is 5.41 Å². The summed E-state index contributed by atoms with van der Waals surface area (Å²) in [6.45, 7) is 8.04. The largest absolute Gasteiger partial charge is 0.345 e. The van der Waals surface area contributed by atoms with E-state index in [2.05, 4.69) is 19.6 Å². The molecule has 1 saturated heterocycles. The van der Waals surface area contributed by atoms with Crippen molar-refractivity contribution in [3.8, 4) is 0 Å². The van der Waals surface area contributed by atoms with Crippen molar-refractivity contribution in [3.05, 3.63) is 0 Å². The number of hydrogen-bond donors (Lipinski definition) is 0. The summed E-state index contributed by atoms with van der Waals surface area (Å²) < 4.78 is 0. The van der Waals surface area contributed by atoms with E-state index in [9.17, 15) is 9.59 Å². The summed E-state index contributed by atoms with van der Waals surface area (Å²) in [6.07, 6.45) is 3.70. The van der Waals surface area contributed by atoms with Crippen LogP contribution in [0.15, 0.2) is 0 Å². The van der Waals surface area contributed by atoms with Crippen LogP contribution in [0.4, 0.5) is 0 Å². The molecule has 3 rings (SSSR count). The molecule has 4 heteroatoms. The zero-order valence-electron chi connectivity index (χ0n) is 13.2. The number of carbonyl (C=O) groups is 2. The number of carbonyl (C=O) groups excluding carboxylic acids is 2. The predicted molar refractivity (Wildman–Crippen MR) is 82.2 cm³/mol. The van der Waals surface area contributed by atoms with Crippen LogP contribution < -0.4 is 0 Å². The van der Waals surface area contributed by atoms with Gasteiger partial charge in [-0.15, -0.1) is 0 Å². The van der Waals surface area contributed by atoms with E-state index in [1.807, 2.05) is 11.9 Å². The molecule has 0 bridgehead atoms. The normalized spacial score (nSPS) is 41.0. The molecule has 20 heavy (non-hydrogen) atoms. The summed E-state index contributed by atoms with van der Waals surface area (Å²) in [6, 6.07) is 1.22. The molecule has 2 aliphatic carbocycles. The van der Waals surface area contributed by atoms with Gasteiger partial charge >= 0.3 is 0 Å². The molecule has 3 aliphatic rings. The molecule has 0 aromatic rings. The van der Waals surface area contributed by atoms with Crippen LogP contribution in [-0.2, 0) is 9.59 Å². The Bertz CT molecular complexity index is 456. The van der Waals surface area contributed by atoms with Crippen LogP contribution in [0.1, 0.15) is 25.7 Å². The first-order valence-electron chi connectivity index (χ1n) is 8.06. The average Bonchev–Trinajstić information content (AvgIpc) is 2.32. The molecule has 0 unspecified atom stereocenters. The second-order valence-corrected chi connectivity index (χ2v) is 13.9. The first kappa shape index (κ1) is 14.3. The van der Waals surface area contributed by atoms with Gasteiger partial charge in [0.15, 0.2) is 0 Å². The van der Waals surface area contributed by atoms with Crippen molar-refractivity contribution >= 4 is 19.8 Å². The third kappa shape index (κ3) is 1.83. The van der Waals surface area contributed by atoms with Crippen molar-refractivity contribution in [2.45, 2.75) is 51.4 Å². The molecular weight excluding hydrogens is 266 g/mol. The highest BCUT2D eigenvalue weighted by atomic mass is 28.3. The van der Waals surface area contributed by atoms with Crippen LogP contribution in [0.5, 0.6) is 0 Å². The maximum Gasteiger partial charge on any atom is 0.229 e. The molecule has 2 saturated carbocycles. The topological polar surface area (TPSA) is 37.4 Å². The molecule has 112 valence electrons. The van der Waals surface area contributed by atoms with E-state index in [-0.39, 0.29) is 17.2 Å². The first-order chi connectivity index (χ1) is 9.27. The lowest BCUT2D eigenvalue weighted by Gasteiger charge is -2.65. The van der Waals surface area contributed by atoms with E-state index >= 15 is 0 Å². The van der Waals surface area contributed by atoms with Crippen LogP contribution in [0, 0.1) is 23.2 Å². The van der Waals surface area contributed by atoms with Gasteiger partial charge in [0.2, 0.25) is 5.91 Å². The van der Waals surface area contributed by atoms with E-state index < -0.39 is 8.07 Å². The van der Waals surface area contributed by atoms with E-state index in [1.54, 1.807) is 0 Å². The smallest absolute Gasteiger partial charge is 0.229 e. The van der Waals surface area contributed by atoms with E-state index in [4.69, 9.17) is 0 Å². The highest BCUT2D eigenvalue weighted by Gasteiger charge is 2.70. The summed E-state index contributed by atoms with van der Waals surface area (Å²) in [5, 5.41) is 0.